The van der Waals surface area contributed by atoms with Gasteiger partial charge < -0.3 is 5.32 Å². The number of aromatic nitrogens is 3. The second-order valence-electron chi connectivity index (χ2n) is 3.85. The average molecular weight is 305 g/mol. The molecule has 2 rings (SSSR count). The molecule has 0 radical (unpaired) electrons. The van der Waals surface area contributed by atoms with E-state index in [-0.39, 0.29) is 0 Å². The van der Waals surface area contributed by atoms with Crippen LogP contribution in [0.4, 0.5) is 5.82 Å². The molecular formula is C13H13BrN4. The summed E-state index contributed by atoms with van der Waals surface area (Å²) >= 11 is 3.29. The van der Waals surface area contributed by atoms with E-state index in [1.165, 1.54) is 6.33 Å². The molecule has 2 aromatic heterocycles. The number of pyridine rings is 1. The van der Waals surface area contributed by atoms with E-state index in [1.807, 2.05) is 31.3 Å². The van der Waals surface area contributed by atoms with Crippen molar-refractivity contribution in [2.75, 3.05) is 11.9 Å². The minimum Gasteiger partial charge on any atom is -0.365 e. The molecule has 0 atom stereocenters. The van der Waals surface area contributed by atoms with E-state index < -0.39 is 0 Å². The molecule has 0 saturated heterocycles. The number of hydrogen-bond acceptors (Lipinski definition) is 4. The molecule has 0 bridgehead atoms. The summed E-state index contributed by atoms with van der Waals surface area (Å²) in [7, 11) is 0. The van der Waals surface area contributed by atoms with Gasteiger partial charge in [-0.25, -0.2) is 9.97 Å². The fourth-order valence-corrected chi connectivity index (χ4v) is 1.56. The van der Waals surface area contributed by atoms with E-state index in [2.05, 4.69) is 42.8 Å². The SMILES string of the molecule is C=C(Br)CNc1cc(-c2ccc(C)nc2)ncn1. The molecule has 0 aliphatic heterocycles. The van der Waals surface area contributed by atoms with E-state index in [0.29, 0.717) is 6.54 Å². The molecule has 0 unspecified atom stereocenters. The lowest BCUT2D eigenvalue weighted by molar-refractivity contribution is 1.13. The fraction of sp³-hybridized carbons (Fsp3) is 0.154. The van der Waals surface area contributed by atoms with Gasteiger partial charge in [-0.05, 0) is 19.1 Å². The summed E-state index contributed by atoms with van der Waals surface area (Å²) in [4.78, 5) is 12.6. The zero-order valence-electron chi connectivity index (χ0n) is 10.0. The van der Waals surface area contributed by atoms with Crippen LogP contribution in [0.1, 0.15) is 5.69 Å². The first-order valence-electron chi connectivity index (χ1n) is 5.47. The van der Waals surface area contributed by atoms with Crippen molar-refractivity contribution in [1.29, 1.82) is 0 Å². The van der Waals surface area contributed by atoms with E-state index >= 15 is 0 Å². The Bertz CT molecular complexity index is 551. The Balaban J connectivity index is 2.21. The Morgan fingerprint density at radius 2 is 2.17 bits per heavy atom. The van der Waals surface area contributed by atoms with Gasteiger partial charge in [0.05, 0.1) is 5.69 Å². The number of hydrogen-bond donors (Lipinski definition) is 1. The number of halogens is 1. The number of nitrogens with zero attached hydrogens (tertiary/aromatic N) is 3. The molecule has 92 valence electrons. The molecule has 0 aromatic carbocycles. The van der Waals surface area contributed by atoms with Crippen molar-refractivity contribution in [3.8, 4) is 11.3 Å². The van der Waals surface area contributed by atoms with Gasteiger partial charge in [-0.15, -0.1) is 0 Å². The van der Waals surface area contributed by atoms with Crippen molar-refractivity contribution in [3.05, 3.63) is 47.5 Å². The number of aryl methyl sites for hydroxylation is 1. The van der Waals surface area contributed by atoms with E-state index in [1.54, 1.807) is 0 Å². The van der Waals surface area contributed by atoms with Crippen molar-refractivity contribution < 1.29 is 0 Å². The lowest BCUT2D eigenvalue weighted by Gasteiger charge is -2.06. The van der Waals surface area contributed by atoms with Crippen LogP contribution in [0.3, 0.4) is 0 Å². The monoisotopic (exact) mass is 304 g/mol. The molecular weight excluding hydrogens is 292 g/mol. The van der Waals surface area contributed by atoms with Gasteiger partial charge in [0.25, 0.3) is 0 Å². The van der Waals surface area contributed by atoms with Crippen molar-refractivity contribution >= 4 is 21.7 Å². The lowest BCUT2D eigenvalue weighted by Crippen LogP contribution is -2.03. The standard InChI is InChI=1S/C13H13BrN4/c1-9(14)6-16-13-5-12(17-8-18-13)11-4-3-10(2)15-7-11/h3-5,7-8H,1,6H2,2H3,(H,16,17,18). The summed E-state index contributed by atoms with van der Waals surface area (Å²) < 4.78 is 0.875. The van der Waals surface area contributed by atoms with Gasteiger partial charge in [0.2, 0.25) is 0 Å². The highest BCUT2D eigenvalue weighted by atomic mass is 79.9. The first-order valence-corrected chi connectivity index (χ1v) is 6.26. The van der Waals surface area contributed by atoms with Crippen LogP contribution in [-0.4, -0.2) is 21.5 Å². The third-order valence-electron chi connectivity index (χ3n) is 2.34. The summed E-state index contributed by atoms with van der Waals surface area (Å²) in [6.07, 6.45) is 3.35. The topological polar surface area (TPSA) is 50.7 Å². The lowest BCUT2D eigenvalue weighted by atomic mass is 10.2. The molecule has 0 amide bonds. The molecule has 0 saturated carbocycles. The summed E-state index contributed by atoms with van der Waals surface area (Å²) in [6, 6.07) is 5.85. The normalized spacial score (nSPS) is 10.1. The van der Waals surface area contributed by atoms with Crippen LogP contribution in [0.5, 0.6) is 0 Å². The fourth-order valence-electron chi connectivity index (χ4n) is 1.42. The molecule has 5 heteroatoms. The molecule has 0 aliphatic carbocycles. The predicted octanol–water partition coefficient (Wildman–Crippen LogP) is 3.17. The Kier molecular flexibility index (Phi) is 4.04. The molecule has 2 heterocycles. The Morgan fingerprint density at radius 1 is 1.33 bits per heavy atom. The van der Waals surface area contributed by atoms with Crippen molar-refractivity contribution in [1.82, 2.24) is 15.0 Å². The summed E-state index contributed by atoms with van der Waals surface area (Å²) in [5, 5.41) is 3.15. The zero-order valence-corrected chi connectivity index (χ0v) is 11.6. The van der Waals surface area contributed by atoms with Crippen molar-refractivity contribution in [2.45, 2.75) is 6.92 Å². The Morgan fingerprint density at radius 3 is 2.83 bits per heavy atom. The molecule has 0 fully saturated rings. The molecule has 0 aliphatic rings. The third kappa shape index (κ3) is 3.37. The van der Waals surface area contributed by atoms with Crippen LogP contribution >= 0.6 is 15.9 Å². The van der Waals surface area contributed by atoms with Gasteiger partial charge in [0.1, 0.15) is 12.1 Å². The first-order chi connectivity index (χ1) is 8.65. The van der Waals surface area contributed by atoms with E-state index in [0.717, 1.165) is 27.3 Å². The quantitative estimate of drug-likeness (QED) is 0.942. The maximum atomic E-state index is 4.26. The van der Waals surface area contributed by atoms with Crippen LogP contribution in [0.15, 0.2) is 41.8 Å². The zero-order chi connectivity index (χ0) is 13.0. The molecule has 4 nitrogen and oxygen atoms in total. The summed E-state index contributed by atoms with van der Waals surface area (Å²) in [6.45, 7) is 6.35. The van der Waals surface area contributed by atoms with Gasteiger partial charge in [-0.2, -0.15) is 0 Å². The highest BCUT2D eigenvalue weighted by Gasteiger charge is 2.02. The minimum atomic E-state index is 0.628. The Labute approximate surface area is 114 Å². The summed E-state index contributed by atoms with van der Waals surface area (Å²) in [5.41, 5.74) is 2.81. The third-order valence-corrected chi connectivity index (χ3v) is 2.62. The van der Waals surface area contributed by atoms with Crippen LogP contribution in [-0.2, 0) is 0 Å². The molecule has 1 N–H and O–H groups in total. The van der Waals surface area contributed by atoms with Gasteiger partial charge in [-0.1, -0.05) is 22.5 Å². The van der Waals surface area contributed by atoms with Gasteiger partial charge in [-0.3, -0.25) is 4.98 Å². The van der Waals surface area contributed by atoms with E-state index in [4.69, 9.17) is 0 Å². The summed E-state index contributed by atoms with van der Waals surface area (Å²) in [5.74, 6) is 0.765. The minimum absolute atomic E-state index is 0.628. The van der Waals surface area contributed by atoms with Crippen molar-refractivity contribution in [2.24, 2.45) is 0 Å². The van der Waals surface area contributed by atoms with E-state index in [9.17, 15) is 0 Å². The van der Waals surface area contributed by atoms with Crippen LogP contribution < -0.4 is 5.32 Å². The van der Waals surface area contributed by atoms with Crippen molar-refractivity contribution in [3.63, 3.8) is 0 Å². The maximum absolute atomic E-state index is 4.26. The maximum Gasteiger partial charge on any atom is 0.130 e. The second kappa shape index (κ2) is 5.73. The molecule has 18 heavy (non-hydrogen) atoms. The van der Waals surface area contributed by atoms with Gasteiger partial charge in [0, 0.05) is 34.5 Å². The predicted molar refractivity (Wildman–Crippen MR) is 76.6 cm³/mol. The highest BCUT2D eigenvalue weighted by Crippen LogP contribution is 2.18. The number of rotatable bonds is 4. The molecule has 2 aromatic rings. The first kappa shape index (κ1) is 12.7. The van der Waals surface area contributed by atoms with Crippen LogP contribution in [0.2, 0.25) is 0 Å². The average Bonchev–Trinajstić information content (AvgIpc) is 2.37. The Hall–Kier alpha value is -1.75. The number of anilines is 1. The number of nitrogens with one attached hydrogen (secondary N) is 1. The largest absolute Gasteiger partial charge is 0.365 e. The highest BCUT2D eigenvalue weighted by molar-refractivity contribution is 9.11. The van der Waals surface area contributed by atoms with Gasteiger partial charge in [0.15, 0.2) is 0 Å². The van der Waals surface area contributed by atoms with Crippen LogP contribution in [0.25, 0.3) is 11.3 Å². The smallest absolute Gasteiger partial charge is 0.130 e. The van der Waals surface area contributed by atoms with Crippen LogP contribution in [0, 0.1) is 6.92 Å². The van der Waals surface area contributed by atoms with Gasteiger partial charge >= 0.3 is 0 Å². The molecule has 0 spiro atoms. The second-order valence-corrected chi connectivity index (χ2v) is 4.97.